The molecule has 0 saturated carbocycles. The number of benzene rings is 1. The van der Waals surface area contributed by atoms with Gasteiger partial charge in [-0.15, -0.1) is 0 Å². The van der Waals surface area contributed by atoms with Crippen molar-refractivity contribution in [2.75, 3.05) is 18.4 Å². The summed E-state index contributed by atoms with van der Waals surface area (Å²) in [7, 11) is 0. The summed E-state index contributed by atoms with van der Waals surface area (Å²) in [6.07, 6.45) is 0.0489. The summed E-state index contributed by atoms with van der Waals surface area (Å²) in [6.45, 7) is 6.94. The first-order valence-corrected chi connectivity index (χ1v) is 10.8. The molecule has 7 nitrogen and oxygen atoms in total. The number of likely N-dealkylation sites (tertiary alicyclic amines) is 1. The Bertz CT molecular complexity index is 926. The predicted molar refractivity (Wildman–Crippen MR) is 112 cm³/mol. The molecule has 9 heteroatoms. The third-order valence-electron chi connectivity index (χ3n) is 6.39. The van der Waals surface area contributed by atoms with Crippen LogP contribution in [0.25, 0.3) is 0 Å². The number of nitrogens with one attached hydrogen (secondary N) is 1. The van der Waals surface area contributed by atoms with Gasteiger partial charge in [0, 0.05) is 19.1 Å². The number of piperidine rings is 1. The average molecular weight is 434 g/mol. The molecule has 2 aliphatic rings. The highest BCUT2D eigenvalue weighted by molar-refractivity contribution is 5.81. The van der Waals surface area contributed by atoms with E-state index >= 15 is 0 Å². The molecule has 1 N–H and O–H groups in total. The van der Waals surface area contributed by atoms with Crippen LogP contribution in [0.1, 0.15) is 43.4 Å². The minimum absolute atomic E-state index is 0.0415. The van der Waals surface area contributed by atoms with E-state index in [0.29, 0.717) is 25.5 Å². The Morgan fingerprint density at radius 1 is 1.26 bits per heavy atom. The number of carbonyl (C=O) groups is 1. The Hall–Kier alpha value is -2.71. The SMILES string of the molecule is Cc1ccc(O[C@@H](C)C(=O)N2CCC([C@@H]3C[C@H](C(F)F)n4ncnc4N3)CC2)c(C)c1. The Balaban J connectivity index is 1.33. The van der Waals surface area contributed by atoms with Crippen LogP contribution in [0.3, 0.4) is 0 Å². The van der Waals surface area contributed by atoms with Gasteiger partial charge >= 0.3 is 0 Å². The number of ether oxygens (including phenoxy) is 1. The summed E-state index contributed by atoms with van der Waals surface area (Å²) < 4.78 is 34.2. The highest BCUT2D eigenvalue weighted by atomic mass is 19.3. The van der Waals surface area contributed by atoms with Crippen LogP contribution in [0.2, 0.25) is 0 Å². The van der Waals surface area contributed by atoms with E-state index in [4.69, 9.17) is 4.74 Å². The van der Waals surface area contributed by atoms with Crippen molar-refractivity contribution < 1.29 is 18.3 Å². The van der Waals surface area contributed by atoms with Crippen molar-refractivity contribution in [1.29, 1.82) is 0 Å². The molecule has 2 aliphatic heterocycles. The van der Waals surface area contributed by atoms with Crippen molar-refractivity contribution in [2.45, 2.75) is 64.6 Å². The minimum atomic E-state index is -2.49. The van der Waals surface area contributed by atoms with E-state index in [-0.39, 0.29) is 17.9 Å². The Morgan fingerprint density at radius 2 is 2.00 bits per heavy atom. The van der Waals surface area contributed by atoms with E-state index in [2.05, 4.69) is 15.4 Å². The zero-order valence-electron chi connectivity index (χ0n) is 18.1. The quantitative estimate of drug-likeness (QED) is 0.780. The third-order valence-corrected chi connectivity index (χ3v) is 6.39. The molecule has 1 amide bonds. The molecule has 0 bridgehead atoms. The lowest BCUT2D eigenvalue weighted by Crippen LogP contribution is -2.48. The van der Waals surface area contributed by atoms with Crippen LogP contribution < -0.4 is 10.1 Å². The first-order chi connectivity index (χ1) is 14.8. The molecule has 168 valence electrons. The van der Waals surface area contributed by atoms with E-state index in [9.17, 15) is 13.6 Å². The second kappa shape index (κ2) is 8.80. The van der Waals surface area contributed by atoms with Crippen molar-refractivity contribution in [2.24, 2.45) is 5.92 Å². The highest BCUT2D eigenvalue weighted by Gasteiger charge is 2.39. The number of alkyl halides is 2. The zero-order valence-corrected chi connectivity index (χ0v) is 18.1. The van der Waals surface area contributed by atoms with E-state index in [1.54, 1.807) is 6.92 Å². The number of carbonyl (C=O) groups excluding carboxylic acids is 1. The molecule has 2 aromatic rings. The first-order valence-electron chi connectivity index (χ1n) is 10.8. The maximum absolute atomic E-state index is 13.5. The topological polar surface area (TPSA) is 72.3 Å². The number of hydrogen-bond donors (Lipinski definition) is 1. The summed E-state index contributed by atoms with van der Waals surface area (Å²) in [6, 6.07) is 4.83. The maximum atomic E-state index is 13.5. The standard InChI is InChI=1S/C22H29F2N5O2/c1-13-4-5-19(14(2)10-13)31-15(3)21(30)28-8-6-16(7-9-28)17-11-18(20(23)24)29-22(27-17)25-12-26-29/h4-5,10,12,15-18,20H,6-9,11H2,1-3H3,(H,25,26,27)/t15-,17-,18+/m0/s1. The molecule has 0 unspecified atom stereocenters. The monoisotopic (exact) mass is 433 g/mol. The highest BCUT2D eigenvalue weighted by Crippen LogP contribution is 2.35. The lowest BCUT2D eigenvalue weighted by atomic mass is 9.85. The largest absolute Gasteiger partial charge is 0.481 e. The van der Waals surface area contributed by atoms with E-state index < -0.39 is 18.6 Å². The van der Waals surface area contributed by atoms with Crippen LogP contribution in [-0.2, 0) is 4.79 Å². The fourth-order valence-corrected chi connectivity index (χ4v) is 4.65. The Morgan fingerprint density at radius 3 is 2.68 bits per heavy atom. The Kier molecular flexibility index (Phi) is 6.11. The van der Waals surface area contributed by atoms with Crippen LogP contribution in [0.15, 0.2) is 24.5 Å². The number of amides is 1. The van der Waals surface area contributed by atoms with E-state index in [1.165, 1.54) is 11.0 Å². The smallest absolute Gasteiger partial charge is 0.263 e. The van der Waals surface area contributed by atoms with Gasteiger partial charge in [-0.1, -0.05) is 17.7 Å². The summed E-state index contributed by atoms with van der Waals surface area (Å²) in [4.78, 5) is 18.8. The van der Waals surface area contributed by atoms with Crippen molar-refractivity contribution in [3.63, 3.8) is 0 Å². The van der Waals surface area contributed by atoms with Gasteiger partial charge in [-0.2, -0.15) is 10.1 Å². The summed E-state index contributed by atoms with van der Waals surface area (Å²) in [5, 5.41) is 7.20. The fourth-order valence-electron chi connectivity index (χ4n) is 4.65. The number of aromatic nitrogens is 3. The number of rotatable bonds is 5. The molecule has 1 aromatic carbocycles. The number of aryl methyl sites for hydroxylation is 2. The van der Waals surface area contributed by atoms with Gasteiger partial charge in [-0.3, -0.25) is 4.79 Å². The van der Waals surface area contributed by atoms with Crippen molar-refractivity contribution >= 4 is 11.9 Å². The number of hydrogen-bond acceptors (Lipinski definition) is 5. The van der Waals surface area contributed by atoms with Gasteiger partial charge in [0.2, 0.25) is 5.95 Å². The van der Waals surface area contributed by atoms with Gasteiger partial charge in [-0.25, -0.2) is 13.5 Å². The Labute approximate surface area is 180 Å². The van der Waals surface area contributed by atoms with Crippen LogP contribution in [0.4, 0.5) is 14.7 Å². The zero-order chi connectivity index (χ0) is 22.1. The molecule has 31 heavy (non-hydrogen) atoms. The number of halogens is 2. The number of fused-ring (bicyclic) bond motifs is 1. The summed E-state index contributed by atoms with van der Waals surface area (Å²) in [5.41, 5.74) is 2.15. The predicted octanol–water partition coefficient (Wildman–Crippen LogP) is 3.59. The normalized spacial score (nSPS) is 22.7. The molecule has 1 aromatic heterocycles. The van der Waals surface area contributed by atoms with Gasteiger partial charge in [0.05, 0.1) is 0 Å². The molecular formula is C22H29F2N5O2. The van der Waals surface area contributed by atoms with Gasteiger partial charge < -0.3 is 15.0 Å². The number of nitrogens with zero attached hydrogens (tertiary/aromatic N) is 4. The second-order valence-electron chi connectivity index (χ2n) is 8.61. The van der Waals surface area contributed by atoms with Crippen molar-refractivity contribution in [3.05, 3.63) is 35.7 Å². The lowest BCUT2D eigenvalue weighted by molar-refractivity contribution is -0.139. The van der Waals surface area contributed by atoms with Crippen LogP contribution in [-0.4, -0.2) is 57.2 Å². The minimum Gasteiger partial charge on any atom is -0.481 e. The van der Waals surface area contributed by atoms with Crippen LogP contribution in [0.5, 0.6) is 5.75 Å². The molecule has 3 atom stereocenters. The summed E-state index contributed by atoms with van der Waals surface area (Å²) >= 11 is 0. The molecule has 3 heterocycles. The molecular weight excluding hydrogens is 404 g/mol. The molecule has 0 spiro atoms. The number of anilines is 1. The van der Waals surface area contributed by atoms with Gasteiger partial charge in [0.25, 0.3) is 12.3 Å². The molecule has 1 fully saturated rings. The van der Waals surface area contributed by atoms with Crippen LogP contribution in [0, 0.1) is 19.8 Å². The molecule has 0 radical (unpaired) electrons. The van der Waals surface area contributed by atoms with E-state index in [1.807, 2.05) is 36.9 Å². The summed E-state index contributed by atoms with van der Waals surface area (Å²) in [5.74, 6) is 1.27. The second-order valence-corrected chi connectivity index (χ2v) is 8.61. The van der Waals surface area contributed by atoms with Gasteiger partial charge in [0.1, 0.15) is 18.1 Å². The van der Waals surface area contributed by atoms with Crippen molar-refractivity contribution in [3.8, 4) is 5.75 Å². The maximum Gasteiger partial charge on any atom is 0.263 e. The fraction of sp³-hybridized carbons (Fsp3) is 0.591. The van der Waals surface area contributed by atoms with Crippen molar-refractivity contribution in [1.82, 2.24) is 19.7 Å². The van der Waals surface area contributed by atoms with E-state index in [0.717, 1.165) is 29.7 Å². The third kappa shape index (κ3) is 4.50. The lowest BCUT2D eigenvalue weighted by Gasteiger charge is -2.40. The molecule has 0 aliphatic carbocycles. The van der Waals surface area contributed by atoms with Gasteiger partial charge in [-0.05, 0) is 57.6 Å². The van der Waals surface area contributed by atoms with Gasteiger partial charge in [0.15, 0.2) is 6.10 Å². The van der Waals surface area contributed by atoms with Crippen LogP contribution >= 0.6 is 0 Å². The first kappa shape index (κ1) is 21.5. The molecule has 4 rings (SSSR count). The average Bonchev–Trinajstić information content (AvgIpc) is 3.23. The molecule has 1 saturated heterocycles.